The minimum Gasteiger partial charge on any atom is -0.460 e. The number of hydrogen-bond donors (Lipinski definition) is 1. The first-order valence-corrected chi connectivity index (χ1v) is 6.29. The third-order valence-electron chi connectivity index (χ3n) is 3.06. The Bertz CT molecular complexity index is 294. The second-order valence-corrected chi connectivity index (χ2v) is 5.92. The molecule has 98 valence electrons. The molecule has 0 spiro atoms. The van der Waals surface area contributed by atoms with Crippen LogP contribution in [0.5, 0.6) is 0 Å². The fraction of sp³-hybridized carbons (Fsp3) is 0.846. The Kier molecular flexibility index (Phi) is 4.54. The lowest BCUT2D eigenvalue weighted by Crippen LogP contribution is -2.31. The molecule has 0 aromatic heterocycles. The summed E-state index contributed by atoms with van der Waals surface area (Å²) in [5.41, 5.74) is 4.87. The average molecular weight is 241 g/mol. The molecule has 0 bridgehead atoms. The van der Waals surface area contributed by atoms with Crippen molar-refractivity contribution in [2.45, 2.75) is 58.5 Å². The van der Waals surface area contributed by atoms with E-state index in [1.807, 2.05) is 20.8 Å². The second kappa shape index (κ2) is 5.52. The lowest BCUT2D eigenvalue weighted by atomic mass is 9.79. The van der Waals surface area contributed by atoms with Gasteiger partial charge in [-0.1, -0.05) is 6.42 Å². The van der Waals surface area contributed by atoms with Gasteiger partial charge in [0.1, 0.15) is 5.60 Å². The monoisotopic (exact) mass is 241 g/mol. The number of amides is 1. The second-order valence-electron chi connectivity index (χ2n) is 5.92. The van der Waals surface area contributed by atoms with E-state index >= 15 is 0 Å². The molecule has 0 unspecified atom stereocenters. The quantitative estimate of drug-likeness (QED) is 0.768. The summed E-state index contributed by atoms with van der Waals surface area (Å²) < 4.78 is 5.28. The topological polar surface area (TPSA) is 69.4 Å². The minimum absolute atomic E-state index is 0.0591. The van der Waals surface area contributed by atoms with Crippen molar-refractivity contribution in [3.05, 3.63) is 0 Å². The Balaban J connectivity index is 2.41. The smallest absolute Gasteiger partial charge is 0.306 e. The molecule has 1 aliphatic carbocycles. The van der Waals surface area contributed by atoms with Crippen LogP contribution >= 0.6 is 0 Å². The molecule has 1 fully saturated rings. The van der Waals surface area contributed by atoms with Gasteiger partial charge in [0, 0.05) is 12.3 Å². The Morgan fingerprint density at radius 1 is 1.29 bits per heavy atom. The van der Waals surface area contributed by atoms with Crippen LogP contribution in [0.1, 0.15) is 52.9 Å². The molecule has 0 aromatic carbocycles. The van der Waals surface area contributed by atoms with Crippen LogP contribution in [0.15, 0.2) is 0 Å². The van der Waals surface area contributed by atoms with Gasteiger partial charge in [0.2, 0.25) is 5.91 Å². The molecule has 0 heterocycles. The predicted octanol–water partition coefficient (Wildman–Crippen LogP) is 2.01. The van der Waals surface area contributed by atoms with Crippen LogP contribution < -0.4 is 5.73 Å². The molecule has 0 saturated heterocycles. The molecule has 1 saturated carbocycles. The van der Waals surface area contributed by atoms with Crippen LogP contribution in [0.2, 0.25) is 0 Å². The summed E-state index contributed by atoms with van der Waals surface area (Å²) in [5.74, 6) is -0.223. The van der Waals surface area contributed by atoms with E-state index < -0.39 is 5.60 Å². The van der Waals surface area contributed by atoms with E-state index in [4.69, 9.17) is 10.5 Å². The maximum absolute atomic E-state index is 11.7. The van der Waals surface area contributed by atoms with Crippen molar-refractivity contribution in [2.75, 3.05) is 0 Å². The van der Waals surface area contributed by atoms with E-state index in [2.05, 4.69) is 0 Å². The predicted molar refractivity (Wildman–Crippen MR) is 65.1 cm³/mol. The van der Waals surface area contributed by atoms with Gasteiger partial charge in [0.15, 0.2) is 0 Å². The molecule has 0 radical (unpaired) electrons. The van der Waals surface area contributed by atoms with Crippen LogP contribution in [0.25, 0.3) is 0 Å². The lowest BCUT2D eigenvalue weighted by molar-refractivity contribution is -0.156. The van der Waals surface area contributed by atoms with Crippen molar-refractivity contribution in [3.8, 4) is 0 Å². The molecule has 1 rings (SSSR count). The van der Waals surface area contributed by atoms with Crippen LogP contribution in [-0.2, 0) is 14.3 Å². The van der Waals surface area contributed by atoms with Gasteiger partial charge in [0.25, 0.3) is 0 Å². The first kappa shape index (κ1) is 14.0. The molecule has 1 aliphatic rings. The van der Waals surface area contributed by atoms with Gasteiger partial charge >= 0.3 is 5.97 Å². The molecular formula is C13H23NO3. The molecule has 0 aromatic rings. The summed E-state index contributed by atoms with van der Waals surface area (Å²) in [5, 5.41) is 0. The van der Waals surface area contributed by atoms with Crippen LogP contribution in [0.4, 0.5) is 0 Å². The Labute approximate surface area is 103 Å². The number of ether oxygens (including phenoxy) is 1. The third-order valence-corrected chi connectivity index (χ3v) is 3.06. The molecule has 4 nitrogen and oxygen atoms in total. The highest BCUT2D eigenvalue weighted by Crippen LogP contribution is 2.31. The molecule has 17 heavy (non-hydrogen) atoms. The zero-order valence-electron chi connectivity index (χ0n) is 11.0. The number of rotatable bonds is 3. The number of nitrogens with two attached hydrogens (primary N) is 1. The molecular weight excluding hydrogens is 218 g/mol. The summed E-state index contributed by atoms with van der Waals surface area (Å²) >= 11 is 0. The maximum Gasteiger partial charge on any atom is 0.306 e. The maximum atomic E-state index is 11.7. The van der Waals surface area contributed by atoms with Crippen LogP contribution in [-0.4, -0.2) is 17.5 Å². The van der Waals surface area contributed by atoms with Crippen molar-refractivity contribution in [1.29, 1.82) is 0 Å². The molecule has 0 aliphatic heterocycles. The zero-order valence-corrected chi connectivity index (χ0v) is 11.0. The normalized spacial score (nSPS) is 25.4. The Morgan fingerprint density at radius 2 is 1.94 bits per heavy atom. The largest absolute Gasteiger partial charge is 0.460 e. The number of hydrogen-bond acceptors (Lipinski definition) is 3. The van der Waals surface area contributed by atoms with E-state index in [1.165, 1.54) is 0 Å². The molecule has 4 heteroatoms. The van der Waals surface area contributed by atoms with Gasteiger partial charge in [-0.2, -0.15) is 0 Å². The van der Waals surface area contributed by atoms with Gasteiger partial charge in [0.05, 0.1) is 0 Å². The van der Waals surface area contributed by atoms with Crippen molar-refractivity contribution >= 4 is 11.9 Å². The van der Waals surface area contributed by atoms with Crippen molar-refractivity contribution in [2.24, 2.45) is 17.6 Å². The lowest BCUT2D eigenvalue weighted by Gasteiger charge is -2.27. The van der Waals surface area contributed by atoms with E-state index in [1.54, 1.807) is 0 Å². The molecule has 1 amide bonds. The zero-order chi connectivity index (χ0) is 13.1. The van der Waals surface area contributed by atoms with Crippen molar-refractivity contribution < 1.29 is 14.3 Å². The number of primary amides is 1. The average Bonchev–Trinajstić information content (AvgIpc) is 2.14. The van der Waals surface area contributed by atoms with Gasteiger partial charge in [-0.05, 0) is 46.0 Å². The molecule has 2 N–H and O–H groups in total. The van der Waals surface area contributed by atoms with E-state index in [0.29, 0.717) is 6.42 Å². The van der Waals surface area contributed by atoms with Crippen molar-refractivity contribution in [3.63, 3.8) is 0 Å². The highest BCUT2D eigenvalue weighted by molar-refractivity contribution is 5.77. The number of carbonyl (C=O) groups is 2. The summed E-state index contributed by atoms with van der Waals surface area (Å²) in [6, 6.07) is 0. The van der Waals surface area contributed by atoms with Crippen molar-refractivity contribution in [1.82, 2.24) is 0 Å². The summed E-state index contributed by atoms with van der Waals surface area (Å²) in [7, 11) is 0. The van der Waals surface area contributed by atoms with Gasteiger partial charge < -0.3 is 10.5 Å². The highest BCUT2D eigenvalue weighted by Gasteiger charge is 2.28. The Morgan fingerprint density at radius 3 is 2.47 bits per heavy atom. The van der Waals surface area contributed by atoms with Gasteiger partial charge in [-0.25, -0.2) is 0 Å². The van der Waals surface area contributed by atoms with Gasteiger partial charge in [-0.15, -0.1) is 0 Å². The molecule has 2 atom stereocenters. The van der Waals surface area contributed by atoms with Crippen LogP contribution in [0, 0.1) is 11.8 Å². The fourth-order valence-corrected chi connectivity index (χ4v) is 2.35. The SMILES string of the molecule is CC(C)(C)OC(=O)C[C@@H]1CCC[C@@H](C(N)=O)C1. The van der Waals surface area contributed by atoms with E-state index in [-0.39, 0.29) is 23.7 Å². The third kappa shape index (κ3) is 5.20. The van der Waals surface area contributed by atoms with Gasteiger partial charge in [-0.3, -0.25) is 9.59 Å². The number of esters is 1. The fourth-order valence-electron chi connectivity index (χ4n) is 2.35. The number of carbonyl (C=O) groups excluding carboxylic acids is 2. The first-order chi connectivity index (χ1) is 7.78. The van der Waals surface area contributed by atoms with E-state index in [9.17, 15) is 9.59 Å². The summed E-state index contributed by atoms with van der Waals surface area (Å²) in [6.45, 7) is 5.58. The standard InChI is InChI=1S/C13H23NO3/c1-13(2,3)17-11(15)8-9-5-4-6-10(7-9)12(14)16/h9-10H,4-8H2,1-3H3,(H2,14,16)/t9-,10-/m1/s1. The Hall–Kier alpha value is -1.06. The van der Waals surface area contributed by atoms with Crippen LogP contribution in [0.3, 0.4) is 0 Å². The first-order valence-electron chi connectivity index (χ1n) is 6.29. The minimum atomic E-state index is -0.436. The summed E-state index contributed by atoms with van der Waals surface area (Å²) in [4.78, 5) is 22.8. The summed E-state index contributed by atoms with van der Waals surface area (Å²) in [6.07, 6.45) is 3.96. The van der Waals surface area contributed by atoms with E-state index in [0.717, 1.165) is 25.7 Å². The highest BCUT2D eigenvalue weighted by atomic mass is 16.6.